The molecule has 6 nitrogen and oxygen atoms in total. The van der Waals surface area contributed by atoms with E-state index in [1.165, 1.54) is 30.6 Å². The van der Waals surface area contributed by atoms with Crippen LogP contribution in [0.1, 0.15) is 53.8 Å². The van der Waals surface area contributed by atoms with Crippen molar-refractivity contribution in [1.82, 2.24) is 15.6 Å². The number of aromatic amines is 1. The van der Waals surface area contributed by atoms with Crippen LogP contribution in [0, 0.1) is 0 Å². The van der Waals surface area contributed by atoms with Crippen LogP contribution < -0.4 is 10.6 Å². The summed E-state index contributed by atoms with van der Waals surface area (Å²) in [5, 5.41) is 8.84. The molecular formula is C25H31N3O3S. The zero-order valence-corrected chi connectivity index (χ0v) is 19.1. The van der Waals surface area contributed by atoms with Crippen molar-refractivity contribution in [3.63, 3.8) is 0 Å². The van der Waals surface area contributed by atoms with Gasteiger partial charge in [0.2, 0.25) is 5.91 Å². The van der Waals surface area contributed by atoms with Crippen LogP contribution in [-0.4, -0.2) is 42.1 Å². The van der Waals surface area contributed by atoms with Crippen LogP contribution in [0.5, 0.6) is 0 Å². The Labute approximate surface area is 192 Å². The summed E-state index contributed by atoms with van der Waals surface area (Å²) in [7, 11) is 0. The van der Waals surface area contributed by atoms with Gasteiger partial charge in [-0.05, 0) is 42.3 Å². The number of aromatic nitrogens is 1. The van der Waals surface area contributed by atoms with Gasteiger partial charge in [-0.15, -0.1) is 11.3 Å². The molecule has 1 fully saturated rings. The van der Waals surface area contributed by atoms with Crippen LogP contribution in [-0.2, 0) is 16.0 Å². The molecule has 1 atom stereocenters. The molecular weight excluding hydrogens is 422 g/mol. The van der Waals surface area contributed by atoms with E-state index in [2.05, 4.69) is 15.6 Å². The number of H-pyrrole nitrogens is 1. The molecule has 4 rings (SSSR count). The quantitative estimate of drug-likeness (QED) is 0.397. The maximum absolute atomic E-state index is 13.0. The third kappa shape index (κ3) is 5.99. The summed E-state index contributed by atoms with van der Waals surface area (Å²) in [6.45, 7) is 1.18. The summed E-state index contributed by atoms with van der Waals surface area (Å²) in [6, 6.07) is 10.9. The topological polar surface area (TPSA) is 83.2 Å². The predicted molar refractivity (Wildman–Crippen MR) is 128 cm³/mol. The molecule has 2 aromatic heterocycles. The average Bonchev–Trinajstić information content (AvgIpc) is 3.50. The van der Waals surface area contributed by atoms with Crippen molar-refractivity contribution in [2.24, 2.45) is 0 Å². The minimum Gasteiger partial charge on any atom is -0.378 e. The maximum atomic E-state index is 13.0. The third-order valence-corrected chi connectivity index (χ3v) is 6.86. The van der Waals surface area contributed by atoms with Crippen molar-refractivity contribution in [2.75, 3.05) is 13.2 Å². The lowest BCUT2D eigenvalue weighted by molar-refractivity contribution is -0.123. The smallest absolute Gasteiger partial charge is 0.262 e. The van der Waals surface area contributed by atoms with Gasteiger partial charge in [0.1, 0.15) is 6.04 Å². The first-order chi connectivity index (χ1) is 15.7. The van der Waals surface area contributed by atoms with Crippen molar-refractivity contribution in [3.8, 4) is 0 Å². The van der Waals surface area contributed by atoms with E-state index in [-0.39, 0.29) is 11.8 Å². The Balaban J connectivity index is 1.34. The van der Waals surface area contributed by atoms with Gasteiger partial charge < -0.3 is 20.4 Å². The molecule has 1 aromatic carbocycles. The van der Waals surface area contributed by atoms with Crippen LogP contribution in [0.3, 0.4) is 0 Å². The van der Waals surface area contributed by atoms with E-state index in [1.54, 1.807) is 6.07 Å². The van der Waals surface area contributed by atoms with Crippen molar-refractivity contribution < 1.29 is 14.3 Å². The minimum absolute atomic E-state index is 0.169. The summed E-state index contributed by atoms with van der Waals surface area (Å²) in [6.07, 6.45) is 9.58. The van der Waals surface area contributed by atoms with Gasteiger partial charge in [-0.3, -0.25) is 9.59 Å². The number of carbonyl (C=O) groups excluding carboxylic acids is 2. The second-order valence-electron chi connectivity index (χ2n) is 8.34. The van der Waals surface area contributed by atoms with E-state index in [0.717, 1.165) is 35.7 Å². The number of nitrogens with one attached hydrogen (secondary N) is 3. The molecule has 2 amide bonds. The van der Waals surface area contributed by atoms with Crippen molar-refractivity contribution >= 4 is 34.1 Å². The largest absolute Gasteiger partial charge is 0.378 e. The lowest BCUT2D eigenvalue weighted by Gasteiger charge is -2.22. The Kier molecular flexibility index (Phi) is 7.96. The van der Waals surface area contributed by atoms with Crippen LogP contribution in [0.15, 0.2) is 48.0 Å². The van der Waals surface area contributed by atoms with Gasteiger partial charge in [-0.25, -0.2) is 0 Å². The van der Waals surface area contributed by atoms with Crippen molar-refractivity contribution in [1.29, 1.82) is 0 Å². The summed E-state index contributed by atoms with van der Waals surface area (Å²) in [5.41, 5.74) is 2.03. The fraction of sp³-hybridized carbons (Fsp3) is 0.440. The molecule has 0 bridgehead atoms. The molecule has 0 saturated heterocycles. The molecule has 0 spiro atoms. The van der Waals surface area contributed by atoms with E-state index in [4.69, 9.17) is 4.74 Å². The molecule has 2 heterocycles. The average molecular weight is 454 g/mol. The Morgan fingerprint density at radius 3 is 2.78 bits per heavy atom. The summed E-state index contributed by atoms with van der Waals surface area (Å²) in [5.74, 6) is -0.390. The molecule has 0 radical (unpaired) electrons. The van der Waals surface area contributed by atoms with E-state index in [1.807, 2.05) is 41.9 Å². The van der Waals surface area contributed by atoms with Crippen molar-refractivity contribution in [2.45, 2.75) is 57.1 Å². The number of hydrogen-bond acceptors (Lipinski definition) is 4. The van der Waals surface area contributed by atoms with Crippen LogP contribution in [0.25, 0.3) is 10.9 Å². The summed E-state index contributed by atoms with van der Waals surface area (Å²) < 4.78 is 5.95. The third-order valence-electron chi connectivity index (χ3n) is 5.99. The van der Waals surface area contributed by atoms with Crippen LogP contribution >= 0.6 is 11.3 Å². The SMILES string of the molecule is O=C(N[C@@H](Cc1c[nH]c2ccccc12)C(=O)NCCCOC1CCCCC1)c1cccs1. The van der Waals surface area contributed by atoms with Crippen LogP contribution in [0.2, 0.25) is 0 Å². The predicted octanol–water partition coefficient (Wildman–Crippen LogP) is 4.43. The number of amides is 2. The number of fused-ring (bicyclic) bond motifs is 1. The monoisotopic (exact) mass is 453 g/mol. The zero-order chi connectivity index (χ0) is 22.2. The highest BCUT2D eigenvalue weighted by Crippen LogP contribution is 2.21. The highest BCUT2D eigenvalue weighted by atomic mass is 32.1. The van der Waals surface area contributed by atoms with E-state index in [0.29, 0.717) is 30.6 Å². The standard InChI is InChI=1S/C25H31N3O3S/c29-24(26-13-7-14-31-19-8-2-1-3-9-19)22(28-25(30)23-12-6-15-32-23)16-18-17-27-21-11-5-4-10-20(18)21/h4-6,10-12,15,17,19,22,27H,1-3,7-9,13-14,16H2,(H,26,29)(H,28,30)/t22-/m0/s1. The van der Waals surface area contributed by atoms with Gasteiger partial charge in [-0.1, -0.05) is 43.5 Å². The van der Waals surface area contributed by atoms with E-state index >= 15 is 0 Å². The number of benzene rings is 1. The van der Waals surface area contributed by atoms with Gasteiger partial charge in [-0.2, -0.15) is 0 Å². The molecule has 1 saturated carbocycles. The minimum atomic E-state index is -0.650. The fourth-order valence-corrected chi connectivity index (χ4v) is 4.88. The second-order valence-corrected chi connectivity index (χ2v) is 9.29. The molecule has 0 aliphatic heterocycles. The Morgan fingerprint density at radius 1 is 1.12 bits per heavy atom. The second kappa shape index (κ2) is 11.3. The Bertz CT molecular complexity index is 1010. The lowest BCUT2D eigenvalue weighted by Crippen LogP contribution is -2.48. The molecule has 1 aliphatic carbocycles. The van der Waals surface area contributed by atoms with Crippen LogP contribution in [0.4, 0.5) is 0 Å². The number of thiophene rings is 1. The van der Waals surface area contributed by atoms with Gasteiger partial charge in [0.15, 0.2) is 0 Å². The van der Waals surface area contributed by atoms with E-state index < -0.39 is 6.04 Å². The highest BCUT2D eigenvalue weighted by molar-refractivity contribution is 7.12. The summed E-state index contributed by atoms with van der Waals surface area (Å²) >= 11 is 1.37. The number of rotatable bonds is 10. The molecule has 3 N–H and O–H groups in total. The molecule has 3 aromatic rings. The fourth-order valence-electron chi connectivity index (χ4n) is 4.26. The first kappa shape index (κ1) is 22.6. The normalized spacial score (nSPS) is 15.5. The lowest BCUT2D eigenvalue weighted by atomic mass is 9.98. The number of carbonyl (C=O) groups is 2. The molecule has 1 aliphatic rings. The number of para-hydroxylation sites is 1. The zero-order valence-electron chi connectivity index (χ0n) is 18.3. The van der Waals surface area contributed by atoms with Gasteiger partial charge in [0.05, 0.1) is 11.0 Å². The first-order valence-corrected chi connectivity index (χ1v) is 12.4. The number of hydrogen-bond donors (Lipinski definition) is 3. The Morgan fingerprint density at radius 2 is 1.97 bits per heavy atom. The molecule has 170 valence electrons. The number of ether oxygens (including phenoxy) is 1. The van der Waals surface area contributed by atoms with E-state index in [9.17, 15) is 9.59 Å². The highest BCUT2D eigenvalue weighted by Gasteiger charge is 2.23. The molecule has 7 heteroatoms. The maximum Gasteiger partial charge on any atom is 0.262 e. The van der Waals surface area contributed by atoms with Crippen molar-refractivity contribution in [3.05, 3.63) is 58.4 Å². The molecule has 32 heavy (non-hydrogen) atoms. The Hall–Kier alpha value is -2.64. The first-order valence-electron chi connectivity index (χ1n) is 11.5. The van der Waals surface area contributed by atoms with Gasteiger partial charge in [0, 0.05) is 36.7 Å². The molecule has 0 unspecified atom stereocenters. The van der Waals surface area contributed by atoms with Gasteiger partial charge in [0.25, 0.3) is 5.91 Å². The van der Waals surface area contributed by atoms with Gasteiger partial charge >= 0.3 is 0 Å². The summed E-state index contributed by atoms with van der Waals surface area (Å²) in [4.78, 5) is 29.5.